The number of hydrogen-bond donors (Lipinski definition) is 1. The number of nitrogens with one attached hydrogen (secondary N) is 1. The average molecular weight is 347 g/mol. The van der Waals surface area contributed by atoms with Crippen LogP contribution in [0.2, 0.25) is 0 Å². The first-order valence-electron chi connectivity index (χ1n) is 8.27. The standard InChI is InChI=1S/C20H17N3O3/c1-20(15-10-6-3-7-11-15)18(24)23(19(25)22-20)12-16-13-26-17(21-16)14-8-4-2-5-9-14/h2-11,13H,12H2,1H3,(H,22,25). The molecule has 6 nitrogen and oxygen atoms in total. The highest BCUT2D eigenvalue weighted by Gasteiger charge is 2.49. The summed E-state index contributed by atoms with van der Waals surface area (Å²) in [5.41, 5.74) is 1.02. The molecule has 2 aromatic carbocycles. The zero-order valence-corrected chi connectivity index (χ0v) is 14.2. The second kappa shape index (κ2) is 6.15. The molecular weight excluding hydrogens is 330 g/mol. The number of oxazole rings is 1. The average Bonchev–Trinajstić information content (AvgIpc) is 3.23. The third-order valence-corrected chi connectivity index (χ3v) is 4.52. The molecule has 4 rings (SSSR count). The minimum Gasteiger partial charge on any atom is -0.444 e. The molecule has 0 spiro atoms. The fraction of sp³-hybridized carbons (Fsp3) is 0.150. The van der Waals surface area contributed by atoms with Gasteiger partial charge in [-0.2, -0.15) is 0 Å². The van der Waals surface area contributed by atoms with E-state index in [4.69, 9.17) is 4.42 Å². The van der Waals surface area contributed by atoms with E-state index < -0.39 is 11.6 Å². The molecule has 130 valence electrons. The van der Waals surface area contributed by atoms with Crippen LogP contribution in [-0.4, -0.2) is 21.8 Å². The Hall–Kier alpha value is -3.41. The SMILES string of the molecule is CC1(c2ccccc2)NC(=O)N(Cc2coc(-c3ccccc3)n2)C1=O. The van der Waals surface area contributed by atoms with Gasteiger partial charge in [0.05, 0.1) is 12.2 Å². The number of imide groups is 1. The molecule has 1 unspecified atom stereocenters. The Labute approximate surface area is 150 Å². The molecule has 0 bridgehead atoms. The molecule has 1 aliphatic heterocycles. The Bertz CT molecular complexity index is 953. The van der Waals surface area contributed by atoms with Crippen molar-refractivity contribution in [2.24, 2.45) is 0 Å². The number of rotatable bonds is 4. The molecule has 1 atom stereocenters. The zero-order valence-electron chi connectivity index (χ0n) is 14.2. The molecule has 0 aliphatic carbocycles. The van der Waals surface area contributed by atoms with Crippen molar-refractivity contribution in [2.75, 3.05) is 0 Å². The summed E-state index contributed by atoms with van der Waals surface area (Å²) >= 11 is 0. The molecule has 26 heavy (non-hydrogen) atoms. The van der Waals surface area contributed by atoms with Gasteiger partial charge in [-0.1, -0.05) is 48.5 Å². The first-order chi connectivity index (χ1) is 12.6. The fourth-order valence-electron chi connectivity index (χ4n) is 3.06. The van der Waals surface area contributed by atoms with Crippen LogP contribution >= 0.6 is 0 Å². The summed E-state index contributed by atoms with van der Waals surface area (Å²) in [6, 6.07) is 18.2. The number of nitrogens with zero attached hydrogens (tertiary/aromatic N) is 2. The second-order valence-corrected chi connectivity index (χ2v) is 6.32. The molecule has 1 N–H and O–H groups in total. The molecule has 1 fully saturated rings. The maximum absolute atomic E-state index is 12.9. The van der Waals surface area contributed by atoms with Crippen molar-refractivity contribution < 1.29 is 14.0 Å². The lowest BCUT2D eigenvalue weighted by molar-refractivity contribution is -0.131. The van der Waals surface area contributed by atoms with Gasteiger partial charge in [0.2, 0.25) is 5.89 Å². The van der Waals surface area contributed by atoms with Gasteiger partial charge in [-0.15, -0.1) is 0 Å². The van der Waals surface area contributed by atoms with Gasteiger partial charge in [0.1, 0.15) is 11.8 Å². The van der Waals surface area contributed by atoms with E-state index in [0.717, 1.165) is 11.1 Å². The quantitative estimate of drug-likeness (QED) is 0.735. The summed E-state index contributed by atoms with van der Waals surface area (Å²) in [5, 5.41) is 2.78. The van der Waals surface area contributed by atoms with Gasteiger partial charge < -0.3 is 9.73 Å². The number of aromatic nitrogens is 1. The van der Waals surface area contributed by atoms with E-state index in [1.54, 1.807) is 6.92 Å². The summed E-state index contributed by atoms with van der Waals surface area (Å²) in [6.45, 7) is 1.77. The van der Waals surface area contributed by atoms with Gasteiger partial charge in [0.25, 0.3) is 5.91 Å². The van der Waals surface area contributed by atoms with Crippen LogP contribution in [-0.2, 0) is 16.9 Å². The highest BCUT2D eigenvalue weighted by atomic mass is 16.3. The van der Waals surface area contributed by atoms with E-state index in [-0.39, 0.29) is 12.5 Å². The summed E-state index contributed by atoms with van der Waals surface area (Å²) in [6.07, 6.45) is 1.47. The van der Waals surface area contributed by atoms with E-state index in [9.17, 15) is 9.59 Å². The van der Waals surface area contributed by atoms with Crippen molar-refractivity contribution in [1.82, 2.24) is 15.2 Å². The van der Waals surface area contributed by atoms with Gasteiger partial charge in [-0.3, -0.25) is 9.69 Å². The number of carbonyl (C=O) groups excluding carboxylic acids is 2. The van der Waals surface area contributed by atoms with Gasteiger partial charge in [-0.05, 0) is 24.6 Å². The second-order valence-electron chi connectivity index (χ2n) is 6.32. The Balaban J connectivity index is 1.57. The van der Waals surface area contributed by atoms with E-state index >= 15 is 0 Å². The van der Waals surface area contributed by atoms with Gasteiger partial charge >= 0.3 is 6.03 Å². The Morgan fingerprint density at radius 3 is 2.38 bits per heavy atom. The predicted octanol–water partition coefficient (Wildman–Crippen LogP) is 3.31. The smallest absolute Gasteiger partial charge is 0.325 e. The van der Waals surface area contributed by atoms with Gasteiger partial charge in [0, 0.05) is 5.56 Å². The number of hydrogen-bond acceptors (Lipinski definition) is 4. The van der Waals surface area contributed by atoms with Crippen molar-refractivity contribution >= 4 is 11.9 Å². The molecule has 6 heteroatoms. The Morgan fingerprint density at radius 1 is 1.04 bits per heavy atom. The molecule has 0 radical (unpaired) electrons. The van der Waals surface area contributed by atoms with E-state index in [1.807, 2.05) is 60.7 Å². The Morgan fingerprint density at radius 2 is 1.69 bits per heavy atom. The minimum absolute atomic E-state index is 0.0590. The Kier molecular flexibility index (Phi) is 3.80. The highest BCUT2D eigenvalue weighted by Crippen LogP contribution is 2.29. The summed E-state index contributed by atoms with van der Waals surface area (Å²) in [5.74, 6) is 0.149. The van der Waals surface area contributed by atoms with Crippen LogP contribution in [0.25, 0.3) is 11.5 Å². The van der Waals surface area contributed by atoms with Gasteiger partial charge in [-0.25, -0.2) is 9.78 Å². The molecule has 1 saturated heterocycles. The first-order valence-corrected chi connectivity index (χ1v) is 8.27. The van der Waals surface area contributed by atoms with Crippen molar-refractivity contribution in [2.45, 2.75) is 19.0 Å². The minimum atomic E-state index is -1.08. The van der Waals surface area contributed by atoms with E-state index in [2.05, 4.69) is 10.3 Å². The fourth-order valence-corrected chi connectivity index (χ4v) is 3.06. The van der Waals surface area contributed by atoms with Crippen LogP contribution in [0.5, 0.6) is 0 Å². The third kappa shape index (κ3) is 2.65. The predicted molar refractivity (Wildman–Crippen MR) is 94.8 cm³/mol. The zero-order chi connectivity index (χ0) is 18.1. The van der Waals surface area contributed by atoms with Crippen LogP contribution in [0, 0.1) is 0 Å². The first kappa shape index (κ1) is 16.1. The largest absolute Gasteiger partial charge is 0.444 e. The molecular formula is C20H17N3O3. The lowest BCUT2D eigenvalue weighted by Gasteiger charge is -2.21. The van der Waals surface area contributed by atoms with Crippen LogP contribution < -0.4 is 5.32 Å². The third-order valence-electron chi connectivity index (χ3n) is 4.52. The van der Waals surface area contributed by atoms with Crippen molar-refractivity contribution in [3.05, 3.63) is 78.2 Å². The summed E-state index contributed by atoms with van der Waals surface area (Å²) in [7, 11) is 0. The lowest BCUT2D eigenvalue weighted by atomic mass is 9.92. The van der Waals surface area contributed by atoms with Gasteiger partial charge in [0.15, 0.2) is 0 Å². The monoisotopic (exact) mass is 347 g/mol. The topological polar surface area (TPSA) is 75.4 Å². The van der Waals surface area contributed by atoms with Crippen molar-refractivity contribution in [3.8, 4) is 11.5 Å². The molecule has 3 aromatic rings. The van der Waals surface area contributed by atoms with Crippen molar-refractivity contribution in [1.29, 1.82) is 0 Å². The number of urea groups is 1. The summed E-state index contributed by atoms with van der Waals surface area (Å²) in [4.78, 5) is 30.9. The highest BCUT2D eigenvalue weighted by molar-refractivity contribution is 6.07. The maximum Gasteiger partial charge on any atom is 0.325 e. The number of benzene rings is 2. The lowest BCUT2D eigenvalue weighted by Crippen LogP contribution is -2.40. The van der Waals surface area contributed by atoms with Crippen LogP contribution in [0.15, 0.2) is 71.3 Å². The maximum atomic E-state index is 12.9. The molecule has 0 saturated carbocycles. The summed E-state index contributed by atoms with van der Waals surface area (Å²) < 4.78 is 5.49. The van der Waals surface area contributed by atoms with Crippen LogP contribution in [0.3, 0.4) is 0 Å². The molecule has 2 heterocycles. The normalized spacial score (nSPS) is 19.7. The van der Waals surface area contributed by atoms with E-state index in [0.29, 0.717) is 11.6 Å². The molecule has 1 aliphatic rings. The molecule has 3 amide bonds. The van der Waals surface area contributed by atoms with E-state index in [1.165, 1.54) is 11.2 Å². The van der Waals surface area contributed by atoms with Crippen LogP contribution in [0.1, 0.15) is 18.2 Å². The number of amides is 3. The number of carbonyl (C=O) groups is 2. The van der Waals surface area contributed by atoms with Crippen LogP contribution in [0.4, 0.5) is 4.79 Å². The van der Waals surface area contributed by atoms with Crippen molar-refractivity contribution in [3.63, 3.8) is 0 Å². The molecule has 1 aromatic heterocycles.